The third kappa shape index (κ3) is 2.50. The number of aromatic nitrogens is 4. The maximum atomic E-state index is 12.8. The number of rotatable bonds is 4. The predicted octanol–water partition coefficient (Wildman–Crippen LogP) is 1.16. The van der Waals surface area contributed by atoms with E-state index in [1.807, 2.05) is 17.0 Å². The van der Waals surface area contributed by atoms with Crippen molar-refractivity contribution in [3.8, 4) is 0 Å². The summed E-state index contributed by atoms with van der Waals surface area (Å²) in [6.45, 7) is 6.36. The number of allylic oxidation sites excluding steroid dienone is 1. The van der Waals surface area contributed by atoms with E-state index in [2.05, 4.69) is 21.5 Å². The molecular weight excluding hydrogens is 354 g/mol. The van der Waals surface area contributed by atoms with Crippen LogP contribution in [0.1, 0.15) is 13.0 Å². The molecular formula is C17H19N5O3S. The third-order valence-electron chi connectivity index (χ3n) is 4.57. The maximum absolute atomic E-state index is 12.8. The molecule has 8 nitrogen and oxygen atoms in total. The molecule has 2 atom stereocenters. The quantitative estimate of drug-likeness (QED) is 0.491. The average molecular weight is 373 g/mol. The van der Waals surface area contributed by atoms with E-state index in [-0.39, 0.29) is 18.2 Å². The van der Waals surface area contributed by atoms with Gasteiger partial charge in [-0.1, -0.05) is 17.8 Å². The van der Waals surface area contributed by atoms with Crippen molar-refractivity contribution in [3.63, 3.8) is 0 Å². The normalized spacial score (nSPS) is 24.8. The topological polar surface area (TPSA) is 94.5 Å². The molecule has 0 aliphatic carbocycles. The van der Waals surface area contributed by atoms with E-state index < -0.39 is 5.60 Å². The van der Waals surface area contributed by atoms with E-state index in [0.717, 1.165) is 0 Å². The van der Waals surface area contributed by atoms with Gasteiger partial charge in [0.15, 0.2) is 10.8 Å². The largest absolute Gasteiger partial charge is 0.474 e. The van der Waals surface area contributed by atoms with Gasteiger partial charge in [0.2, 0.25) is 5.90 Å². The minimum atomic E-state index is -1.09. The van der Waals surface area contributed by atoms with E-state index in [9.17, 15) is 9.90 Å². The first-order valence-corrected chi connectivity index (χ1v) is 9.44. The Hall–Kier alpha value is -2.39. The maximum Gasteiger partial charge on any atom is 0.278 e. The van der Waals surface area contributed by atoms with Crippen LogP contribution in [0.4, 0.5) is 0 Å². The van der Waals surface area contributed by atoms with Crippen LogP contribution in [0.25, 0.3) is 11.0 Å². The number of thioether (sulfide) groups is 1. The summed E-state index contributed by atoms with van der Waals surface area (Å²) in [4.78, 5) is 26.0. The Balaban J connectivity index is 1.93. The lowest BCUT2D eigenvalue weighted by molar-refractivity contribution is 0.0714. The molecule has 2 aliphatic heterocycles. The highest BCUT2D eigenvalue weighted by Crippen LogP contribution is 2.32. The molecule has 2 aromatic rings. The minimum absolute atomic E-state index is 0.171. The molecule has 2 unspecified atom stereocenters. The van der Waals surface area contributed by atoms with E-state index >= 15 is 0 Å². The zero-order valence-electron chi connectivity index (χ0n) is 14.5. The van der Waals surface area contributed by atoms with Crippen LogP contribution in [-0.4, -0.2) is 55.3 Å². The Kier molecular flexibility index (Phi) is 4.00. The highest BCUT2D eigenvalue weighted by molar-refractivity contribution is 7.98. The predicted molar refractivity (Wildman–Crippen MR) is 99.8 cm³/mol. The van der Waals surface area contributed by atoms with E-state index in [1.165, 1.54) is 11.8 Å². The number of dihydropyridines is 1. The van der Waals surface area contributed by atoms with Gasteiger partial charge in [0, 0.05) is 11.8 Å². The van der Waals surface area contributed by atoms with Crippen molar-refractivity contribution in [2.24, 2.45) is 4.99 Å². The summed E-state index contributed by atoms with van der Waals surface area (Å²) in [5, 5.41) is 11.6. The molecule has 2 aromatic heterocycles. The van der Waals surface area contributed by atoms with Crippen molar-refractivity contribution in [3.05, 3.63) is 40.9 Å². The van der Waals surface area contributed by atoms with E-state index in [0.29, 0.717) is 40.8 Å². The number of hydrogen-bond acceptors (Lipinski definition) is 7. The van der Waals surface area contributed by atoms with Crippen LogP contribution in [0, 0.1) is 0 Å². The second-order valence-electron chi connectivity index (χ2n) is 6.47. The molecule has 4 rings (SSSR count). The molecule has 0 aromatic carbocycles. The van der Waals surface area contributed by atoms with Gasteiger partial charge in [0.25, 0.3) is 5.56 Å². The molecule has 136 valence electrons. The lowest BCUT2D eigenvalue weighted by Gasteiger charge is -2.24. The van der Waals surface area contributed by atoms with Crippen molar-refractivity contribution in [2.75, 3.05) is 19.4 Å². The molecule has 1 fully saturated rings. The molecule has 0 saturated carbocycles. The van der Waals surface area contributed by atoms with Crippen LogP contribution in [-0.2, 0) is 11.3 Å². The second kappa shape index (κ2) is 6.10. The van der Waals surface area contributed by atoms with Gasteiger partial charge >= 0.3 is 0 Å². The number of aliphatic hydroxyl groups is 1. The van der Waals surface area contributed by atoms with Gasteiger partial charge in [0.1, 0.15) is 17.6 Å². The fourth-order valence-corrected chi connectivity index (χ4v) is 3.64. The van der Waals surface area contributed by atoms with Crippen LogP contribution < -0.4 is 5.56 Å². The van der Waals surface area contributed by atoms with Gasteiger partial charge in [-0.05, 0) is 19.3 Å². The van der Waals surface area contributed by atoms with Crippen molar-refractivity contribution in [1.82, 2.24) is 19.3 Å². The highest BCUT2D eigenvalue weighted by Gasteiger charge is 2.41. The van der Waals surface area contributed by atoms with Gasteiger partial charge < -0.3 is 9.84 Å². The number of nitrogens with zero attached hydrogens (tertiary/aromatic N) is 5. The number of ether oxygens (including phenoxy) is 1. The smallest absolute Gasteiger partial charge is 0.278 e. The standard InChI is InChI=1S/C17H19N5O3S/c1-4-5-21-15(23)11-8-19-16(26-3)20-13(11)22(21)10-6-12-14(18-7-10)25-9-17(12,2)24/h4,6,8,10,24H,1,5,7,9H2,2-3H3. The van der Waals surface area contributed by atoms with Crippen molar-refractivity contribution in [1.29, 1.82) is 0 Å². The molecule has 0 spiro atoms. The summed E-state index contributed by atoms with van der Waals surface area (Å²) in [7, 11) is 0. The average Bonchev–Trinajstić information content (AvgIpc) is 3.09. The van der Waals surface area contributed by atoms with Crippen molar-refractivity contribution < 1.29 is 9.84 Å². The van der Waals surface area contributed by atoms with Gasteiger partial charge in [-0.15, -0.1) is 6.58 Å². The molecule has 9 heteroatoms. The Morgan fingerprint density at radius 3 is 3.12 bits per heavy atom. The van der Waals surface area contributed by atoms with Gasteiger partial charge in [-0.25, -0.2) is 19.6 Å². The van der Waals surface area contributed by atoms with Crippen LogP contribution in [0.2, 0.25) is 0 Å². The summed E-state index contributed by atoms with van der Waals surface area (Å²) in [5.41, 5.74) is -0.0681. The Labute approximate surface area is 153 Å². The van der Waals surface area contributed by atoms with E-state index in [1.54, 1.807) is 23.9 Å². The molecule has 0 bridgehead atoms. The van der Waals surface area contributed by atoms with E-state index in [4.69, 9.17) is 4.74 Å². The summed E-state index contributed by atoms with van der Waals surface area (Å²) in [5.74, 6) is 0.472. The van der Waals surface area contributed by atoms with Crippen LogP contribution >= 0.6 is 11.8 Å². The number of aliphatic imine (C=N–C) groups is 1. The first kappa shape index (κ1) is 17.0. The number of hydrogen-bond donors (Lipinski definition) is 1. The second-order valence-corrected chi connectivity index (χ2v) is 7.24. The molecule has 1 saturated heterocycles. The summed E-state index contributed by atoms with van der Waals surface area (Å²) < 4.78 is 8.88. The fraction of sp³-hybridized carbons (Fsp3) is 0.412. The minimum Gasteiger partial charge on any atom is -0.474 e. The Bertz CT molecular complexity index is 1020. The van der Waals surface area contributed by atoms with Crippen LogP contribution in [0.5, 0.6) is 0 Å². The summed E-state index contributed by atoms with van der Waals surface area (Å²) >= 11 is 1.41. The SMILES string of the molecule is C=CCn1c(=O)c2cnc(SC)nc2n1C1C=C2C(=NC1)OCC2(C)O. The molecule has 0 amide bonds. The van der Waals surface area contributed by atoms with Crippen molar-refractivity contribution >= 4 is 28.7 Å². The van der Waals surface area contributed by atoms with Crippen LogP contribution in [0.3, 0.4) is 0 Å². The lowest BCUT2D eigenvalue weighted by Crippen LogP contribution is -2.32. The fourth-order valence-electron chi connectivity index (χ4n) is 3.31. The third-order valence-corrected chi connectivity index (χ3v) is 5.13. The van der Waals surface area contributed by atoms with Gasteiger partial charge in [0.05, 0.1) is 19.1 Å². The zero-order valence-corrected chi connectivity index (χ0v) is 15.4. The van der Waals surface area contributed by atoms with Crippen molar-refractivity contribution in [2.45, 2.75) is 30.3 Å². The number of fused-ring (bicyclic) bond motifs is 2. The summed E-state index contributed by atoms with van der Waals surface area (Å²) in [6, 6.07) is -0.267. The van der Waals surface area contributed by atoms with Crippen LogP contribution in [0.15, 0.2) is 45.4 Å². The molecule has 26 heavy (non-hydrogen) atoms. The first-order valence-electron chi connectivity index (χ1n) is 8.21. The Morgan fingerprint density at radius 2 is 2.38 bits per heavy atom. The zero-order chi connectivity index (χ0) is 18.5. The molecule has 2 aliphatic rings. The first-order chi connectivity index (χ1) is 12.5. The molecule has 0 radical (unpaired) electrons. The van der Waals surface area contributed by atoms with Gasteiger partial charge in [-0.2, -0.15) is 0 Å². The lowest BCUT2D eigenvalue weighted by atomic mass is 9.95. The monoisotopic (exact) mass is 373 g/mol. The van der Waals surface area contributed by atoms with Gasteiger partial charge in [-0.3, -0.25) is 9.48 Å². The molecule has 1 N–H and O–H groups in total. The summed E-state index contributed by atoms with van der Waals surface area (Å²) in [6.07, 6.45) is 7.02. The highest BCUT2D eigenvalue weighted by atomic mass is 32.2. The molecule has 4 heterocycles. The Morgan fingerprint density at radius 1 is 1.58 bits per heavy atom.